The summed E-state index contributed by atoms with van der Waals surface area (Å²) < 4.78 is 25.8. The van der Waals surface area contributed by atoms with E-state index in [-0.39, 0.29) is 24.0 Å². The molecule has 0 radical (unpaired) electrons. The molecule has 10 nitrogen and oxygen atoms in total. The number of nitro groups is 1. The Kier molecular flexibility index (Phi) is 9.00. The number of amides is 2. The molecule has 2 aromatic carbocycles. The number of hydrogen-bond acceptors (Lipinski definition) is 6. The van der Waals surface area contributed by atoms with Gasteiger partial charge in [-0.05, 0) is 44.5 Å². The number of hydrogen-bond donors (Lipinski definition) is 1. The minimum Gasteiger partial charge on any atom is -0.352 e. The van der Waals surface area contributed by atoms with E-state index in [1.807, 2.05) is 0 Å². The average molecular weight is 511 g/mol. The SMILES string of the molecule is CC(C)NC(=O)C(C)N(Cc1cccc(Cl)c1)C(=O)CN(c1cccc([N+](=O)[O-])c1)S(C)(=O)=O. The van der Waals surface area contributed by atoms with Crippen LogP contribution < -0.4 is 9.62 Å². The fourth-order valence-electron chi connectivity index (χ4n) is 3.20. The van der Waals surface area contributed by atoms with E-state index in [0.717, 1.165) is 16.6 Å². The van der Waals surface area contributed by atoms with Gasteiger partial charge in [0.25, 0.3) is 5.69 Å². The lowest BCUT2D eigenvalue weighted by Crippen LogP contribution is -2.52. The first-order chi connectivity index (χ1) is 15.8. The quantitative estimate of drug-likeness (QED) is 0.386. The van der Waals surface area contributed by atoms with Crippen LogP contribution in [0.5, 0.6) is 0 Å². The number of nitro benzene ring substituents is 1. The van der Waals surface area contributed by atoms with Crippen molar-refractivity contribution >= 4 is 44.8 Å². The molecule has 2 aromatic rings. The Labute approximate surface area is 203 Å². The Morgan fingerprint density at radius 2 is 1.76 bits per heavy atom. The molecule has 2 rings (SSSR count). The summed E-state index contributed by atoms with van der Waals surface area (Å²) in [4.78, 5) is 37.8. The van der Waals surface area contributed by atoms with Gasteiger partial charge in [-0.2, -0.15) is 0 Å². The molecular formula is C22H27ClN4O6S. The van der Waals surface area contributed by atoms with Crippen molar-refractivity contribution in [2.75, 3.05) is 17.1 Å². The van der Waals surface area contributed by atoms with Crippen LogP contribution in [0.4, 0.5) is 11.4 Å². The second-order valence-corrected chi connectivity index (χ2v) is 10.4. The monoisotopic (exact) mass is 510 g/mol. The molecule has 0 spiro atoms. The molecule has 0 aromatic heterocycles. The molecule has 12 heteroatoms. The van der Waals surface area contributed by atoms with Crippen molar-refractivity contribution in [3.63, 3.8) is 0 Å². The van der Waals surface area contributed by atoms with Crippen LogP contribution in [0.15, 0.2) is 48.5 Å². The second kappa shape index (κ2) is 11.3. The summed E-state index contributed by atoms with van der Waals surface area (Å²) >= 11 is 6.06. The third-order valence-electron chi connectivity index (χ3n) is 4.85. The van der Waals surface area contributed by atoms with Crippen LogP contribution in [0.3, 0.4) is 0 Å². The average Bonchev–Trinajstić information content (AvgIpc) is 2.74. The molecule has 0 bridgehead atoms. The van der Waals surface area contributed by atoms with Gasteiger partial charge < -0.3 is 10.2 Å². The highest BCUT2D eigenvalue weighted by molar-refractivity contribution is 7.92. The van der Waals surface area contributed by atoms with Crippen molar-refractivity contribution in [3.05, 3.63) is 69.2 Å². The van der Waals surface area contributed by atoms with E-state index in [1.165, 1.54) is 30.0 Å². The summed E-state index contributed by atoms with van der Waals surface area (Å²) in [6.07, 6.45) is 0.898. The van der Waals surface area contributed by atoms with Crippen LogP contribution in [0.2, 0.25) is 5.02 Å². The van der Waals surface area contributed by atoms with Crippen LogP contribution in [-0.4, -0.2) is 54.9 Å². The van der Waals surface area contributed by atoms with Gasteiger partial charge >= 0.3 is 0 Å². The maximum Gasteiger partial charge on any atom is 0.271 e. The molecule has 0 saturated carbocycles. The summed E-state index contributed by atoms with van der Waals surface area (Å²) in [5.74, 6) is -1.07. The maximum absolute atomic E-state index is 13.4. The Hall–Kier alpha value is -3.18. The van der Waals surface area contributed by atoms with Crippen LogP contribution in [-0.2, 0) is 26.2 Å². The minimum absolute atomic E-state index is 0.00137. The number of rotatable bonds is 10. The van der Waals surface area contributed by atoms with Gasteiger partial charge in [0.1, 0.15) is 12.6 Å². The van der Waals surface area contributed by atoms with E-state index < -0.39 is 39.3 Å². The number of nitrogens with zero attached hydrogens (tertiary/aromatic N) is 3. The molecule has 34 heavy (non-hydrogen) atoms. The fraction of sp³-hybridized carbons (Fsp3) is 0.364. The lowest BCUT2D eigenvalue weighted by atomic mass is 10.1. The molecule has 184 valence electrons. The third kappa shape index (κ3) is 7.42. The van der Waals surface area contributed by atoms with Gasteiger partial charge in [-0.15, -0.1) is 0 Å². The van der Waals surface area contributed by atoms with Crippen LogP contribution in [0.25, 0.3) is 0 Å². The number of carbonyl (C=O) groups is 2. The number of carbonyl (C=O) groups excluding carboxylic acids is 2. The molecule has 0 heterocycles. The first kappa shape index (κ1) is 27.1. The summed E-state index contributed by atoms with van der Waals surface area (Å²) in [5, 5.41) is 14.3. The number of non-ortho nitro benzene ring substituents is 1. The Morgan fingerprint density at radius 1 is 1.12 bits per heavy atom. The zero-order valence-corrected chi connectivity index (χ0v) is 20.8. The van der Waals surface area contributed by atoms with E-state index >= 15 is 0 Å². The Bertz CT molecular complexity index is 1170. The van der Waals surface area contributed by atoms with Gasteiger partial charge in [0, 0.05) is 29.7 Å². The molecule has 0 fully saturated rings. The predicted molar refractivity (Wildman–Crippen MR) is 130 cm³/mol. The summed E-state index contributed by atoms with van der Waals surface area (Å²) in [7, 11) is -3.99. The lowest BCUT2D eigenvalue weighted by Gasteiger charge is -2.31. The van der Waals surface area contributed by atoms with Crippen LogP contribution >= 0.6 is 11.6 Å². The number of benzene rings is 2. The maximum atomic E-state index is 13.4. The summed E-state index contributed by atoms with van der Waals surface area (Å²) in [6.45, 7) is 4.44. The third-order valence-corrected chi connectivity index (χ3v) is 6.22. The summed E-state index contributed by atoms with van der Waals surface area (Å²) in [5.41, 5.74) is 0.289. The van der Waals surface area contributed by atoms with Crippen molar-refractivity contribution < 1.29 is 22.9 Å². The highest BCUT2D eigenvalue weighted by Gasteiger charge is 2.30. The van der Waals surface area contributed by atoms with E-state index in [9.17, 15) is 28.1 Å². The van der Waals surface area contributed by atoms with Gasteiger partial charge in [0.05, 0.1) is 16.9 Å². The molecule has 0 aliphatic heterocycles. The largest absolute Gasteiger partial charge is 0.352 e. The summed E-state index contributed by atoms with van der Waals surface area (Å²) in [6, 6.07) is 10.6. The highest BCUT2D eigenvalue weighted by atomic mass is 35.5. The molecule has 1 unspecified atom stereocenters. The highest BCUT2D eigenvalue weighted by Crippen LogP contribution is 2.24. The molecule has 1 atom stereocenters. The Morgan fingerprint density at radius 3 is 2.32 bits per heavy atom. The number of sulfonamides is 1. The topological polar surface area (TPSA) is 130 Å². The standard InChI is InChI=1S/C22H27ClN4O6S/c1-15(2)24-22(29)16(3)25(13-17-7-5-8-18(23)11-17)21(28)14-26(34(4,32)33)19-9-6-10-20(12-19)27(30)31/h5-12,15-16H,13-14H2,1-4H3,(H,24,29). The van der Waals surface area contributed by atoms with Crippen LogP contribution in [0.1, 0.15) is 26.3 Å². The van der Waals surface area contributed by atoms with Gasteiger partial charge in [0.15, 0.2) is 0 Å². The molecule has 0 aliphatic rings. The zero-order chi connectivity index (χ0) is 25.6. The fourth-order valence-corrected chi connectivity index (χ4v) is 4.25. The van der Waals surface area contributed by atoms with E-state index in [0.29, 0.717) is 10.6 Å². The molecule has 0 saturated heterocycles. The lowest BCUT2D eigenvalue weighted by molar-refractivity contribution is -0.384. The van der Waals surface area contributed by atoms with Gasteiger partial charge in [0.2, 0.25) is 21.8 Å². The van der Waals surface area contributed by atoms with E-state index in [2.05, 4.69) is 5.32 Å². The first-order valence-electron chi connectivity index (χ1n) is 10.4. The second-order valence-electron chi connectivity index (χ2n) is 8.04. The van der Waals surface area contributed by atoms with E-state index in [1.54, 1.807) is 38.1 Å². The van der Waals surface area contributed by atoms with Gasteiger partial charge in [-0.1, -0.05) is 29.8 Å². The van der Waals surface area contributed by atoms with Crippen molar-refractivity contribution in [1.29, 1.82) is 0 Å². The molecule has 2 amide bonds. The smallest absolute Gasteiger partial charge is 0.271 e. The number of anilines is 1. The van der Waals surface area contributed by atoms with Gasteiger partial charge in [-0.25, -0.2) is 8.42 Å². The molecule has 0 aliphatic carbocycles. The minimum atomic E-state index is -3.99. The van der Waals surface area contributed by atoms with E-state index in [4.69, 9.17) is 11.6 Å². The van der Waals surface area contributed by atoms with Crippen LogP contribution in [0, 0.1) is 10.1 Å². The van der Waals surface area contributed by atoms with Gasteiger partial charge in [-0.3, -0.25) is 24.0 Å². The van der Waals surface area contributed by atoms with Crippen molar-refractivity contribution in [2.45, 2.75) is 39.4 Å². The predicted octanol–water partition coefficient (Wildman–Crippen LogP) is 2.96. The first-order valence-corrected chi connectivity index (χ1v) is 12.6. The zero-order valence-electron chi connectivity index (χ0n) is 19.3. The number of nitrogens with one attached hydrogen (secondary N) is 1. The van der Waals surface area contributed by atoms with Crippen molar-refractivity contribution in [1.82, 2.24) is 10.2 Å². The molecule has 1 N–H and O–H groups in total. The molecular weight excluding hydrogens is 484 g/mol. The van der Waals surface area contributed by atoms with Crippen molar-refractivity contribution in [2.24, 2.45) is 0 Å². The number of halogens is 1. The normalized spacial score (nSPS) is 12.2. The Balaban J connectivity index is 2.43. The van der Waals surface area contributed by atoms with Crippen molar-refractivity contribution in [3.8, 4) is 0 Å².